The van der Waals surface area contributed by atoms with Crippen LogP contribution in [0.2, 0.25) is 5.02 Å². The third kappa shape index (κ3) is 4.91. The number of carbonyl (C=O) groups is 1. The number of para-hydroxylation sites is 1. The Bertz CT molecular complexity index is 861. The van der Waals surface area contributed by atoms with E-state index in [0.717, 1.165) is 0 Å². The van der Waals surface area contributed by atoms with Crippen LogP contribution in [0.3, 0.4) is 0 Å². The molecule has 0 fully saturated rings. The van der Waals surface area contributed by atoms with Crippen molar-refractivity contribution in [3.63, 3.8) is 0 Å². The number of aromatic nitrogens is 1. The predicted molar refractivity (Wildman–Crippen MR) is 96.2 cm³/mol. The van der Waals surface area contributed by atoms with Gasteiger partial charge < -0.3 is 11.1 Å². The number of halogens is 2. The minimum atomic E-state index is -3.86. The topological polar surface area (TPSA) is 114 Å². The Morgan fingerprint density at radius 2 is 2.04 bits per heavy atom. The summed E-state index contributed by atoms with van der Waals surface area (Å²) in [5, 5.41) is 3.01. The van der Waals surface area contributed by atoms with E-state index >= 15 is 0 Å². The molecule has 1 aromatic carbocycles. The summed E-state index contributed by atoms with van der Waals surface area (Å²) in [7, 11) is -3.86. The molecule has 7 nitrogen and oxygen atoms in total. The lowest BCUT2D eigenvalue weighted by molar-refractivity contribution is -0.116. The normalized spacial score (nSPS) is 11.2. The van der Waals surface area contributed by atoms with Gasteiger partial charge in [0.05, 0.1) is 10.7 Å². The van der Waals surface area contributed by atoms with Crippen molar-refractivity contribution >= 4 is 55.0 Å². The zero-order chi connectivity index (χ0) is 17.7. The Hall–Kier alpha value is -1.68. The quantitative estimate of drug-likeness (QED) is 0.647. The van der Waals surface area contributed by atoms with E-state index in [4.69, 9.17) is 17.3 Å². The zero-order valence-corrected chi connectivity index (χ0v) is 15.5. The predicted octanol–water partition coefficient (Wildman–Crippen LogP) is 2.39. The van der Waals surface area contributed by atoms with E-state index < -0.39 is 10.0 Å². The van der Waals surface area contributed by atoms with Crippen molar-refractivity contribution in [1.29, 1.82) is 0 Å². The van der Waals surface area contributed by atoms with Crippen molar-refractivity contribution in [1.82, 2.24) is 9.71 Å². The van der Waals surface area contributed by atoms with Gasteiger partial charge in [-0.3, -0.25) is 4.79 Å². The van der Waals surface area contributed by atoms with Crippen LogP contribution in [0, 0.1) is 0 Å². The van der Waals surface area contributed by atoms with Crippen LogP contribution in [0.25, 0.3) is 0 Å². The van der Waals surface area contributed by atoms with Gasteiger partial charge in [-0.15, -0.1) is 0 Å². The molecule has 0 bridgehead atoms. The van der Waals surface area contributed by atoms with Crippen molar-refractivity contribution in [2.45, 2.75) is 11.3 Å². The first kappa shape index (κ1) is 18.7. The van der Waals surface area contributed by atoms with Gasteiger partial charge in [0.25, 0.3) is 0 Å². The largest absolute Gasteiger partial charge is 0.383 e. The lowest BCUT2D eigenvalue weighted by Crippen LogP contribution is -2.28. The van der Waals surface area contributed by atoms with Gasteiger partial charge in [0, 0.05) is 23.6 Å². The Morgan fingerprint density at radius 1 is 1.33 bits per heavy atom. The van der Waals surface area contributed by atoms with E-state index in [9.17, 15) is 13.2 Å². The molecule has 10 heteroatoms. The zero-order valence-electron chi connectivity index (χ0n) is 12.3. The Balaban J connectivity index is 1.94. The fraction of sp³-hybridized carbons (Fsp3) is 0.143. The summed E-state index contributed by atoms with van der Waals surface area (Å²) in [4.78, 5) is 15.5. The molecule has 2 rings (SSSR count). The second kappa shape index (κ2) is 7.93. The average molecular weight is 434 g/mol. The number of nitrogens with one attached hydrogen (secondary N) is 2. The maximum Gasteiger partial charge on any atom is 0.244 e. The van der Waals surface area contributed by atoms with E-state index in [1.54, 1.807) is 24.3 Å². The molecule has 0 atom stereocenters. The van der Waals surface area contributed by atoms with Crippen LogP contribution in [0.5, 0.6) is 0 Å². The first-order valence-corrected chi connectivity index (χ1v) is 9.40. The summed E-state index contributed by atoms with van der Waals surface area (Å²) < 4.78 is 27.2. The maximum absolute atomic E-state index is 12.2. The van der Waals surface area contributed by atoms with Gasteiger partial charge in [0.15, 0.2) is 0 Å². The van der Waals surface area contributed by atoms with Gasteiger partial charge >= 0.3 is 0 Å². The second-order valence-corrected chi connectivity index (χ2v) is 7.77. The number of hydrogen-bond donors (Lipinski definition) is 3. The number of pyridine rings is 1. The van der Waals surface area contributed by atoms with Gasteiger partial charge in [-0.1, -0.05) is 23.7 Å². The van der Waals surface area contributed by atoms with Crippen LogP contribution in [0.1, 0.15) is 6.42 Å². The fourth-order valence-corrected chi connectivity index (χ4v) is 3.60. The standard InChI is InChI=1S/C14H14BrClN4O3S/c15-9-7-12(14(17)18-8-9)24(22,23)19-6-5-13(21)20-11-4-2-1-3-10(11)16/h1-4,7-8,19H,5-6H2,(H2,17,18)(H,20,21). The minimum Gasteiger partial charge on any atom is -0.383 e. The smallest absolute Gasteiger partial charge is 0.244 e. The summed E-state index contributed by atoms with van der Waals surface area (Å²) in [6.45, 7) is -0.0927. The van der Waals surface area contributed by atoms with Gasteiger partial charge in [0.2, 0.25) is 15.9 Å². The Morgan fingerprint density at radius 3 is 2.75 bits per heavy atom. The third-order valence-corrected chi connectivity index (χ3v) is 5.18. The lowest BCUT2D eigenvalue weighted by Gasteiger charge is -2.10. The van der Waals surface area contributed by atoms with E-state index in [1.165, 1.54) is 12.3 Å². The summed E-state index contributed by atoms with van der Waals surface area (Å²) in [6.07, 6.45) is 1.33. The highest BCUT2D eigenvalue weighted by atomic mass is 79.9. The highest BCUT2D eigenvalue weighted by molar-refractivity contribution is 9.10. The van der Waals surface area contributed by atoms with Crippen LogP contribution in [-0.4, -0.2) is 25.9 Å². The van der Waals surface area contributed by atoms with Gasteiger partial charge in [-0.2, -0.15) is 0 Å². The van der Waals surface area contributed by atoms with Gasteiger partial charge in [-0.25, -0.2) is 18.1 Å². The molecule has 0 aliphatic carbocycles. The number of nitrogens with zero attached hydrogens (tertiary/aromatic N) is 1. The number of nitrogens with two attached hydrogens (primary N) is 1. The monoisotopic (exact) mass is 432 g/mol. The van der Waals surface area contributed by atoms with Gasteiger partial charge in [-0.05, 0) is 34.1 Å². The fourth-order valence-electron chi connectivity index (χ4n) is 1.80. The molecule has 0 unspecified atom stereocenters. The number of amides is 1. The van der Waals surface area contributed by atoms with Crippen LogP contribution < -0.4 is 15.8 Å². The van der Waals surface area contributed by atoms with E-state index in [2.05, 4.69) is 31.0 Å². The van der Waals surface area contributed by atoms with Crippen LogP contribution in [0.15, 0.2) is 45.9 Å². The highest BCUT2D eigenvalue weighted by Gasteiger charge is 2.19. The maximum atomic E-state index is 12.2. The molecule has 128 valence electrons. The van der Waals surface area contributed by atoms with E-state index in [0.29, 0.717) is 15.2 Å². The SMILES string of the molecule is Nc1ncc(Br)cc1S(=O)(=O)NCCC(=O)Nc1ccccc1Cl. The molecule has 0 aliphatic heterocycles. The summed E-state index contributed by atoms with van der Waals surface area (Å²) in [6, 6.07) is 8.10. The van der Waals surface area contributed by atoms with Crippen molar-refractivity contribution in [2.24, 2.45) is 0 Å². The molecule has 1 heterocycles. The van der Waals surface area contributed by atoms with Crippen molar-refractivity contribution < 1.29 is 13.2 Å². The Labute approximate surface area is 152 Å². The summed E-state index contributed by atoms with van der Waals surface area (Å²) >= 11 is 9.07. The number of hydrogen-bond acceptors (Lipinski definition) is 5. The first-order chi connectivity index (χ1) is 11.3. The lowest BCUT2D eigenvalue weighted by atomic mass is 10.3. The number of sulfonamides is 1. The molecule has 0 aliphatic rings. The van der Waals surface area contributed by atoms with Crippen LogP contribution in [0.4, 0.5) is 11.5 Å². The molecule has 0 saturated carbocycles. The number of rotatable bonds is 6. The number of benzene rings is 1. The van der Waals surface area contributed by atoms with Crippen LogP contribution >= 0.6 is 27.5 Å². The Kier molecular flexibility index (Phi) is 6.16. The molecule has 0 radical (unpaired) electrons. The second-order valence-electron chi connectivity index (χ2n) is 4.71. The van der Waals surface area contributed by atoms with Crippen molar-refractivity contribution in [3.05, 3.63) is 46.0 Å². The van der Waals surface area contributed by atoms with E-state index in [1.807, 2.05) is 0 Å². The number of anilines is 2. The van der Waals surface area contributed by atoms with Gasteiger partial charge in [0.1, 0.15) is 10.7 Å². The average Bonchev–Trinajstić information content (AvgIpc) is 2.51. The highest BCUT2D eigenvalue weighted by Crippen LogP contribution is 2.21. The van der Waals surface area contributed by atoms with Crippen LogP contribution in [-0.2, 0) is 14.8 Å². The number of nitrogen functional groups attached to an aromatic ring is 1. The number of carbonyl (C=O) groups excluding carboxylic acids is 1. The van der Waals surface area contributed by atoms with Crippen molar-refractivity contribution in [3.8, 4) is 0 Å². The van der Waals surface area contributed by atoms with E-state index in [-0.39, 0.29) is 29.6 Å². The molecule has 0 spiro atoms. The summed E-state index contributed by atoms with van der Waals surface area (Å²) in [5.41, 5.74) is 6.05. The summed E-state index contributed by atoms with van der Waals surface area (Å²) in [5.74, 6) is -0.489. The first-order valence-electron chi connectivity index (χ1n) is 6.74. The molecule has 4 N–H and O–H groups in total. The molecule has 24 heavy (non-hydrogen) atoms. The molecule has 0 saturated heterocycles. The molecule has 1 amide bonds. The molecule has 2 aromatic rings. The minimum absolute atomic E-state index is 0.0637. The third-order valence-electron chi connectivity index (χ3n) is 2.93. The molecule has 1 aromatic heterocycles. The van der Waals surface area contributed by atoms with Crippen molar-refractivity contribution in [2.75, 3.05) is 17.6 Å². The molecular formula is C14H14BrClN4O3S. The molecular weight excluding hydrogens is 420 g/mol.